The van der Waals surface area contributed by atoms with Crippen molar-refractivity contribution in [1.29, 1.82) is 0 Å². The van der Waals surface area contributed by atoms with Crippen molar-refractivity contribution in [2.45, 2.75) is 24.0 Å². The molecule has 1 atom stereocenters. The summed E-state index contributed by atoms with van der Waals surface area (Å²) in [5.74, 6) is 0.399. The largest absolute Gasteiger partial charge is 0.497 e. The molecule has 3 aromatic carbocycles. The van der Waals surface area contributed by atoms with Gasteiger partial charge in [-0.15, -0.1) is 0 Å². The van der Waals surface area contributed by atoms with Crippen LogP contribution in [0.3, 0.4) is 0 Å². The summed E-state index contributed by atoms with van der Waals surface area (Å²) in [5, 5.41) is 2.91. The molecule has 3 rings (SSSR count). The molecular weight excluding hydrogens is 437 g/mol. The van der Waals surface area contributed by atoms with Crippen LogP contribution in [0.5, 0.6) is 5.75 Å². The lowest BCUT2D eigenvalue weighted by molar-refractivity contribution is -0.137. The first kappa shape index (κ1) is 23.5. The number of carbonyl (C=O) groups excluding carboxylic acids is 1. The monoisotopic (exact) mass is 460 g/mol. The zero-order valence-corrected chi connectivity index (χ0v) is 18.4. The number of rotatable bonds is 8. The van der Waals surface area contributed by atoms with E-state index in [0.29, 0.717) is 11.4 Å². The third kappa shape index (κ3) is 6.43. The lowest BCUT2D eigenvalue weighted by atomic mass is 10.1. The summed E-state index contributed by atoms with van der Waals surface area (Å²) in [4.78, 5) is 13.6. The molecule has 1 unspecified atom stereocenters. The molecule has 0 saturated carbocycles. The van der Waals surface area contributed by atoms with E-state index < -0.39 is 11.7 Å². The van der Waals surface area contributed by atoms with Crippen LogP contribution < -0.4 is 14.4 Å². The van der Waals surface area contributed by atoms with Gasteiger partial charge in [-0.3, -0.25) is 4.79 Å². The summed E-state index contributed by atoms with van der Waals surface area (Å²) >= 11 is 1.21. The molecule has 0 heterocycles. The van der Waals surface area contributed by atoms with Crippen molar-refractivity contribution in [3.8, 4) is 5.75 Å². The number of halogens is 3. The highest BCUT2D eigenvalue weighted by atomic mass is 32.2. The third-order valence-corrected chi connectivity index (χ3v) is 5.74. The number of hydrogen-bond acceptors (Lipinski definition) is 4. The molecule has 0 aliphatic carbocycles. The Balaban J connectivity index is 1.78. The lowest BCUT2D eigenvalue weighted by Crippen LogP contribution is -2.35. The molecule has 32 heavy (non-hydrogen) atoms. The van der Waals surface area contributed by atoms with Crippen LogP contribution in [0.25, 0.3) is 0 Å². The first-order chi connectivity index (χ1) is 15.3. The van der Waals surface area contributed by atoms with Crippen molar-refractivity contribution in [3.63, 3.8) is 0 Å². The van der Waals surface area contributed by atoms with E-state index in [1.165, 1.54) is 18.0 Å². The highest BCUT2D eigenvalue weighted by Crippen LogP contribution is 2.34. The van der Waals surface area contributed by atoms with Gasteiger partial charge in [0.1, 0.15) is 12.3 Å². The van der Waals surface area contributed by atoms with Crippen LogP contribution >= 0.6 is 11.9 Å². The van der Waals surface area contributed by atoms with Crippen LogP contribution in [0.4, 0.5) is 18.9 Å². The summed E-state index contributed by atoms with van der Waals surface area (Å²) in [6, 6.07) is 21.2. The van der Waals surface area contributed by atoms with Gasteiger partial charge in [0.25, 0.3) is 0 Å². The third-order valence-electron chi connectivity index (χ3n) is 4.70. The Bertz CT molecular complexity index is 1030. The Morgan fingerprint density at radius 3 is 2.34 bits per heavy atom. The fourth-order valence-electron chi connectivity index (χ4n) is 3.02. The molecule has 1 amide bonds. The normalized spacial score (nSPS) is 12.2. The highest BCUT2D eigenvalue weighted by molar-refractivity contribution is 8.00. The van der Waals surface area contributed by atoms with Crippen LogP contribution in [-0.4, -0.2) is 19.6 Å². The average Bonchev–Trinajstić information content (AvgIpc) is 2.79. The zero-order chi connectivity index (χ0) is 23.1. The van der Waals surface area contributed by atoms with Gasteiger partial charge in [-0.1, -0.05) is 36.4 Å². The quantitative estimate of drug-likeness (QED) is 0.412. The van der Waals surface area contributed by atoms with Gasteiger partial charge in [0.2, 0.25) is 5.91 Å². The summed E-state index contributed by atoms with van der Waals surface area (Å²) in [5.41, 5.74) is 0.419. The molecule has 0 aliphatic rings. The molecule has 3 aromatic rings. The maximum Gasteiger partial charge on any atom is 0.416 e. The van der Waals surface area contributed by atoms with Crippen LogP contribution in [0.1, 0.15) is 24.1 Å². The molecule has 0 saturated heterocycles. The fourth-order valence-corrected chi connectivity index (χ4v) is 3.95. The molecule has 0 radical (unpaired) electrons. The second-order valence-corrected chi connectivity index (χ2v) is 8.15. The molecule has 0 aliphatic heterocycles. The molecule has 168 valence electrons. The van der Waals surface area contributed by atoms with Gasteiger partial charge < -0.3 is 14.4 Å². The Labute approximate surface area is 189 Å². The Morgan fingerprint density at radius 2 is 1.72 bits per heavy atom. The number of benzene rings is 3. The Kier molecular flexibility index (Phi) is 7.69. The number of methoxy groups -OCH3 is 1. The predicted octanol–water partition coefficient (Wildman–Crippen LogP) is 6.11. The average molecular weight is 461 g/mol. The standard InChI is InChI=1S/C24H23F3N2O2S/c1-17(18-11-13-21(31-2)14-12-18)28-23(30)16-29(32-22-9-4-3-5-10-22)20-8-6-7-19(15-20)24(25,26)27/h3-15,17H,16H2,1-2H3,(H,28,30). The second-order valence-electron chi connectivity index (χ2n) is 7.05. The molecule has 8 heteroatoms. The van der Waals surface area contributed by atoms with Gasteiger partial charge in [0, 0.05) is 10.6 Å². The van der Waals surface area contributed by atoms with Crippen LogP contribution in [-0.2, 0) is 11.0 Å². The van der Waals surface area contributed by atoms with Gasteiger partial charge in [0.05, 0.1) is 18.7 Å². The van der Waals surface area contributed by atoms with E-state index in [1.807, 2.05) is 49.4 Å². The number of carbonyl (C=O) groups is 1. The number of anilines is 1. The maximum atomic E-state index is 13.2. The number of alkyl halides is 3. The van der Waals surface area contributed by atoms with Crippen molar-refractivity contribution in [1.82, 2.24) is 5.32 Å². The molecule has 4 nitrogen and oxygen atoms in total. The molecule has 0 spiro atoms. The van der Waals surface area contributed by atoms with E-state index >= 15 is 0 Å². The van der Waals surface area contributed by atoms with E-state index in [1.54, 1.807) is 29.6 Å². The summed E-state index contributed by atoms with van der Waals surface area (Å²) < 4.78 is 46.4. The van der Waals surface area contributed by atoms with Gasteiger partial charge in [-0.05, 0) is 66.9 Å². The van der Waals surface area contributed by atoms with Gasteiger partial charge in [-0.2, -0.15) is 13.2 Å². The summed E-state index contributed by atoms with van der Waals surface area (Å²) in [7, 11) is 1.58. The van der Waals surface area contributed by atoms with Crippen molar-refractivity contribution < 1.29 is 22.7 Å². The predicted molar refractivity (Wildman–Crippen MR) is 121 cm³/mol. The van der Waals surface area contributed by atoms with Crippen LogP contribution in [0.15, 0.2) is 83.8 Å². The molecule has 0 aromatic heterocycles. The van der Waals surface area contributed by atoms with E-state index in [9.17, 15) is 18.0 Å². The minimum atomic E-state index is -4.47. The molecule has 0 bridgehead atoms. The lowest BCUT2D eigenvalue weighted by Gasteiger charge is -2.25. The fraction of sp³-hybridized carbons (Fsp3) is 0.208. The number of amides is 1. The number of nitrogens with zero attached hydrogens (tertiary/aromatic N) is 1. The van der Waals surface area contributed by atoms with E-state index in [0.717, 1.165) is 22.6 Å². The topological polar surface area (TPSA) is 41.6 Å². The number of nitrogens with one attached hydrogen (secondary N) is 1. The van der Waals surface area contributed by atoms with Crippen molar-refractivity contribution in [3.05, 3.63) is 90.0 Å². The van der Waals surface area contributed by atoms with Crippen LogP contribution in [0.2, 0.25) is 0 Å². The van der Waals surface area contributed by atoms with E-state index in [-0.39, 0.29) is 18.5 Å². The minimum absolute atomic E-state index is 0.124. The molecular formula is C24H23F3N2O2S. The second kappa shape index (κ2) is 10.5. The zero-order valence-electron chi connectivity index (χ0n) is 17.6. The summed E-state index contributed by atoms with van der Waals surface area (Å²) in [6.07, 6.45) is -4.47. The molecule has 0 fully saturated rings. The molecule has 1 N–H and O–H groups in total. The van der Waals surface area contributed by atoms with E-state index in [2.05, 4.69) is 5.32 Å². The first-order valence-corrected chi connectivity index (χ1v) is 10.6. The minimum Gasteiger partial charge on any atom is -0.497 e. The van der Waals surface area contributed by atoms with Crippen molar-refractivity contribution in [2.75, 3.05) is 18.0 Å². The van der Waals surface area contributed by atoms with Gasteiger partial charge >= 0.3 is 6.18 Å². The highest BCUT2D eigenvalue weighted by Gasteiger charge is 2.31. The number of hydrogen-bond donors (Lipinski definition) is 1. The summed E-state index contributed by atoms with van der Waals surface area (Å²) in [6.45, 7) is 1.72. The van der Waals surface area contributed by atoms with Crippen LogP contribution in [0, 0.1) is 0 Å². The maximum absolute atomic E-state index is 13.2. The van der Waals surface area contributed by atoms with Crippen molar-refractivity contribution in [2.24, 2.45) is 0 Å². The van der Waals surface area contributed by atoms with Crippen molar-refractivity contribution >= 4 is 23.5 Å². The Morgan fingerprint density at radius 1 is 1.03 bits per heavy atom. The van der Waals surface area contributed by atoms with E-state index in [4.69, 9.17) is 4.74 Å². The Hall–Kier alpha value is -3.13. The first-order valence-electron chi connectivity index (χ1n) is 9.87. The van der Waals surface area contributed by atoms with Gasteiger partial charge in [-0.25, -0.2) is 0 Å². The SMILES string of the molecule is COc1ccc(C(C)NC(=O)CN(Sc2ccccc2)c2cccc(C(F)(F)F)c2)cc1. The number of ether oxygens (including phenoxy) is 1. The smallest absolute Gasteiger partial charge is 0.416 e. The van der Waals surface area contributed by atoms with Gasteiger partial charge in [0.15, 0.2) is 0 Å².